The molecule has 0 atom stereocenters. The van der Waals surface area contributed by atoms with Gasteiger partial charge in [0, 0.05) is 26.2 Å². The van der Waals surface area contributed by atoms with E-state index in [1.165, 1.54) is 5.56 Å². The van der Waals surface area contributed by atoms with E-state index in [0.717, 1.165) is 31.7 Å². The Kier molecular flexibility index (Phi) is 7.30. The molecule has 0 spiro atoms. The smallest absolute Gasteiger partial charge is 0.410 e. The van der Waals surface area contributed by atoms with Crippen LogP contribution in [0, 0.1) is 0 Å². The highest BCUT2D eigenvalue weighted by molar-refractivity contribution is 5.78. The normalized spacial score (nSPS) is 18.7. The van der Waals surface area contributed by atoms with Gasteiger partial charge in [-0.3, -0.25) is 9.69 Å². The summed E-state index contributed by atoms with van der Waals surface area (Å²) in [7, 11) is 1.64. The standard InChI is InChI=1S/C23H36N4O4/c1-23(2,3)31-22(29)27-13-11-26(12-14-27)21(28)16-25-9-7-17(8-10-25)18-5-6-19(24)20(15-18)30-4/h5-6,15,17H,7-14,16,24H2,1-4H3. The largest absolute Gasteiger partial charge is 0.495 e. The summed E-state index contributed by atoms with van der Waals surface area (Å²) in [5, 5.41) is 0. The van der Waals surface area contributed by atoms with Gasteiger partial charge in [-0.2, -0.15) is 0 Å². The molecule has 172 valence electrons. The maximum absolute atomic E-state index is 12.8. The number of carbonyl (C=O) groups is 2. The fourth-order valence-corrected chi connectivity index (χ4v) is 4.16. The van der Waals surface area contributed by atoms with Gasteiger partial charge in [-0.15, -0.1) is 0 Å². The molecule has 2 heterocycles. The Hall–Kier alpha value is -2.48. The first-order valence-corrected chi connectivity index (χ1v) is 11.1. The number of methoxy groups -OCH3 is 1. The number of nitrogen functional groups attached to an aromatic ring is 1. The number of nitrogens with two attached hydrogens (primary N) is 1. The molecule has 0 aliphatic carbocycles. The molecule has 2 aliphatic rings. The van der Waals surface area contributed by atoms with Gasteiger partial charge in [-0.05, 0) is 70.3 Å². The number of piperidine rings is 1. The Labute approximate surface area is 185 Å². The van der Waals surface area contributed by atoms with Crippen LogP contribution in [0.15, 0.2) is 18.2 Å². The first-order valence-electron chi connectivity index (χ1n) is 11.1. The number of ether oxygens (including phenoxy) is 2. The highest BCUT2D eigenvalue weighted by Gasteiger charge is 2.29. The number of anilines is 1. The topological polar surface area (TPSA) is 88.3 Å². The zero-order valence-corrected chi connectivity index (χ0v) is 19.2. The lowest BCUT2D eigenvalue weighted by atomic mass is 9.89. The number of likely N-dealkylation sites (tertiary alicyclic amines) is 1. The summed E-state index contributed by atoms with van der Waals surface area (Å²) in [6.45, 7) is 9.93. The second-order valence-corrected chi connectivity index (χ2v) is 9.40. The van der Waals surface area contributed by atoms with Crippen molar-refractivity contribution >= 4 is 17.7 Å². The quantitative estimate of drug-likeness (QED) is 0.736. The van der Waals surface area contributed by atoms with Crippen molar-refractivity contribution in [3.05, 3.63) is 23.8 Å². The van der Waals surface area contributed by atoms with Crippen LogP contribution in [0.4, 0.5) is 10.5 Å². The third kappa shape index (κ3) is 6.26. The molecule has 2 aliphatic heterocycles. The first-order chi connectivity index (χ1) is 14.7. The van der Waals surface area contributed by atoms with E-state index in [4.69, 9.17) is 15.2 Å². The predicted octanol–water partition coefficient (Wildman–Crippen LogP) is 2.54. The first kappa shape index (κ1) is 23.2. The molecular formula is C23H36N4O4. The number of hydrogen-bond donors (Lipinski definition) is 1. The highest BCUT2D eigenvalue weighted by Crippen LogP contribution is 2.32. The maximum Gasteiger partial charge on any atom is 0.410 e. The van der Waals surface area contributed by atoms with Crippen LogP contribution in [0.5, 0.6) is 5.75 Å². The van der Waals surface area contributed by atoms with E-state index in [0.29, 0.717) is 44.3 Å². The van der Waals surface area contributed by atoms with Gasteiger partial charge < -0.3 is 25.0 Å². The van der Waals surface area contributed by atoms with Crippen LogP contribution in [0.3, 0.4) is 0 Å². The molecule has 0 bridgehead atoms. The van der Waals surface area contributed by atoms with Crippen LogP contribution in [0.1, 0.15) is 45.1 Å². The van der Waals surface area contributed by atoms with Gasteiger partial charge in [0.05, 0.1) is 19.3 Å². The van der Waals surface area contributed by atoms with Crippen molar-refractivity contribution in [3.63, 3.8) is 0 Å². The second kappa shape index (κ2) is 9.77. The Morgan fingerprint density at radius 2 is 1.65 bits per heavy atom. The van der Waals surface area contributed by atoms with Crippen molar-refractivity contribution in [3.8, 4) is 5.75 Å². The number of piperazine rings is 1. The second-order valence-electron chi connectivity index (χ2n) is 9.40. The SMILES string of the molecule is COc1cc(C2CCN(CC(=O)N3CCN(C(=O)OC(C)(C)C)CC3)CC2)ccc1N. The van der Waals surface area contributed by atoms with Crippen molar-refractivity contribution < 1.29 is 19.1 Å². The Morgan fingerprint density at radius 1 is 1.03 bits per heavy atom. The zero-order valence-electron chi connectivity index (χ0n) is 19.2. The van der Waals surface area contributed by atoms with E-state index < -0.39 is 5.60 Å². The summed E-state index contributed by atoms with van der Waals surface area (Å²) in [4.78, 5) is 30.7. The average molecular weight is 433 g/mol. The molecule has 2 fully saturated rings. The van der Waals surface area contributed by atoms with E-state index in [-0.39, 0.29) is 12.0 Å². The van der Waals surface area contributed by atoms with E-state index in [1.807, 2.05) is 37.8 Å². The Morgan fingerprint density at radius 3 is 2.23 bits per heavy atom. The van der Waals surface area contributed by atoms with Crippen LogP contribution < -0.4 is 10.5 Å². The Balaban J connectivity index is 1.43. The van der Waals surface area contributed by atoms with Crippen LogP contribution >= 0.6 is 0 Å². The zero-order chi connectivity index (χ0) is 22.6. The van der Waals surface area contributed by atoms with Crippen LogP contribution in [-0.2, 0) is 9.53 Å². The van der Waals surface area contributed by atoms with Gasteiger partial charge in [0.1, 0.15) is 11.4 Å². The molecule has 1 aromatic carbocycles. The van der Waals surface area contributed by atoms with Crippen molar-refractivity contribution in [2.45, 2.75) is 45.1 Å². The molecule has 8 nitrogen and oxygen atoms in total. The maximum atomic E-state index is 12.8. The van der Waals surface area contributed by atoms with Gasteiger partial charge in [-0.25, -0.2) is 4.79 Å². The van der Waals surface area contributed by atoms with Crippen LogP contribution in [-0.4, -0.2) is 85.2 Å². The number of nitrogens with zero attached hydrogens (tertiary/aromatic N) is 3. The van der Waals surface area contributed by atoms with E-state index in [2.05, 4.69) is 11.0 Å². The molecule has 1 aromatic rings. The fraction of sp³-hybridized carbons (Fsp3) is 0.652. The molecule has 0 saturated carbocycles. The minimum absolute atomic E-state index is 0.136. The van der Waals surface area contributed by atoms with Gasteiger partial charge in [0.25, 0.3) is 0 Å². The number of rotatable bonds is 4. The van der Waals surface area contributed by atoms with Gasteiger partial charge >= 0.3 is 6.09 Å². The highest BCUT2D eigenvalue weighted by atomic mass is 16.6. The van der Waals surface area contributed by atoms with Crippen LogP contribution in [0.25, 0.3) is 0 Å². The minimum atomic E-state index is -0.506. The van der Waals surface area contributed by atoms with Gasteiger partial charge in [0.15, 0.2) is 0 Å². The molecule has 2 saturated heterocycles. The Bertz CT molecular complexity index is 776. The molecule has 2 amide bonds. The summed E-state index contributed by atoms with van der Waals surface area (Å²) in [5.41, 5.74) is 7.32. The van der Waals surface area contributed by atoms with Gasteiger partial charge in [-0.1, -0.05) is 6.07 Å². The lowest BCUT2D eigenvalue weighted by Crippen LogP contribution is -2.53. The summed E-state index contributed by atoms with van der Waals surface area (Å²) < 4.78 is 10.8. The van der Waals surface area contributed by atoms with E-state index in [9.17, 15) is 9.59 Å². The van der Waals surface area contributed by atoms with Crippen molar-refractivity contribution in [2.75, 3.05) is 58.7 Å². The third-order valence-corrected chi connectivity index (χ3v) is 5.96. The van der Waals surface area contributed by atoms with Crippen molar-refractivity contribution in [2.24, 2.45) is 0 Å². The van der Waals surface area contributed by atoms with E-state index >= 15 is 0 Å². The summed E-state index contributed by atoms with van der Waals surface area (Å²) >= 11 is 0. The number of amides is 2. The van der Waals surface area contributed by atoms with Crippen molar-refractivity contribution in [1.82, 2.24) is 14.7 Å². The molecule has 31 heavy (non-hydrogen) atoms. The van der Waals surface area contributed by atoms with Gasteiger partial charge in [0.2, 0.25) is 5.91 Å². The van der Waals surface area contributed by atoms with E-state index in [1.54, 1.807) is 12.0 Å². The fourth-order valence-electron chi connectivity index (χ4n) is 4.16. The van der Waals surface area contributed by atoms with Crippen LogP contribution in [0.2, 0.25) is 0 Å². The summed E-state index contributed by atoms with van der Waals surface area (Å²) in [5.74, 6) is 1.32. The summed E-state index contributed by atoms with van der Waals surface area (Å²) in [6.07, 6.45) is 1.71. The third-order valence-electron chi connectivity index (χ3n) is 5.96. The van der Waals surface area contributed by atoms with Crippen molar-refractivity contribution in [1.29, 1.82) is 0 Å². The molecule has 3 rings (SSSR count). The molecule has 0 radical (unpaired) electrons. The molecule has 8 heteroatoms. The minimum Gasteiger partial charge on any atom is -0.495 e. The molecule has 0 unspecified atom stereocenters. The number of benzene rings is 1. The monoisotopic (exact) mass is 432 g/mol. The number of hydrogen-bond acceptors (Lipinski definition) is 6. The summed E-state index contributed by atoms with van der Waals surface area (Å²) in [6, 6.07) is 6.01. The lowest BCUT2D eigenvalue weighted by Gasteiger charge is -2.37. The predicted molar refractivity (Wildman–Crippen MR) is 120 cm³/mol. The average Bonchev–Trinajstić information content (AvgIpc) is 2.73. The number of carbonyl (C=O) groups excluding carboxylic acids is 2. The molecular weight excluding hydrogens is 396 g/mol. The molecule has 0 aromatic heterocycles. The lowest BCUT2D eigenvalue weighted by molar-refractivity contribution is -0.134. The molecule has 2 N–H and O–H groups in total.